The predicted molar refractivity (Wildman–Crippen MR) is 81.0 cm³/mol. The number of fused-ring (bicyclic) bond motifs is 1. The van der Waals surface area contributed by atoms with Gasteiger partial charge in [-0.05, 0) is 49.1 Å². The third-order valence-electron chi connectivity index (χ3n) is 3.35. The van der Waals surface area contributed by atoms with E-state index in [1.54, 1.807) is 0 Å². The second kappa shape index (κ2) is 5.45. The molecule has 0 aliphatic heterocycles. The molecule has 0 unspecified atom stereocenters. The predicted octanol–water partition coefficient (Wildman–Crippen LogP) is 4.49. The summed E-state index contributed by atoms with van der Waals surface area (Å²) >= 11 is 5.86. The van der Waals surface area contributed by atoms with Crippen molar-refractivity contribution in [3.8, 4) is 0 Å². The number of hydrogen-bond acceptors (Lipinski definition) is 2. The summed E-state index contributed by atoms with van der Waals surface area (Å²) in [4.78, 5) is 0. The second-order valence-electron chi connectivity index (χ2n) is 4.69. The van der Waals surface area contributed by atoms with E-state index in [1.807, 2.05) is 24.3 Å². The first kappa shape index (κ1) is 12.2. The highest BCUT2D eigenvalue weighted by Crippen LogP contribution is 2.22. The highest BCUT2D eigenvalue weighted by molar-refractivity contribution is 6.30. The largest absolute Gasteiger partial charge is 0.278 e. The molecule has 1 N–H and O–H groups in total. The minimum atomic E-state index is 0.737. The minimum Gasteiger partial charge on any atom is -0.278 e. The molecule has 0 amide bonds. The van der Waals surface area contributed by atoms with E-state index in [-0.39, 0.29) is 0 Å². The van der Waals surface area contributed by atoms with Crippen molar-refractivity contribution in [1.29, 1.82) is 0 Å². The van der Waals surface area contributed by atoms with Crippen LogP contribution in [0.4, 0.5) is 5.69 Å². The van der Waals surface area contributed by atoms with Crippen LogP contribution in [-0.4, -0.2) is 5.71 Å². The van der Waals surface area contributed by atoms with Gasteiger partial charge in [0.15, 0.2) is 0 Å². The van der Waals surface area contributed by atoms with Crippen LogP contribution in [0.1, 0.15) is 24.0 Å². The first-order valence-corrected chi connectivity index (χ1v) is 6.87. The molecular formula is C16H15ClN2. The first-order chi connectivity index (χ1) is 9.33. The van der Waals surface area contributed by atoms with Crippen molar-refractivity contribution >= 4 is 23.0 Å². The monoisotopic (exact) mass is 270 g/mol. The average Bonchev–Trinajstić information content (AvgIpc) is 2.47. The Morgan fingerprint density at radius 3 is 2.58 bits per heavy atom. The maximum Gasteiger partial charge on any atom is 0.0682 e. The fourth-order valence-electron chi connectivity index (χ4n) is 2.37. The summed E-state index contributed by atoms with van der Waals surface area (Å²) in [6, 6.07) is 16.1. The zero-order chi connectivity index (χ0) is 13.1. The van der Waals surface area contributed by atoms with Gasteiger partial charge in [-0.15, -0.1) is 0 Å². The summed E-state index contributed by atoms with van der Waals surface area (Å²) < 4.78 is 0. The van der Waals surface area contributed by atoms with Crippen molar-refractivity contribution in [2.24, 2.45) is 5.10 Å². The normalized spacial score (nSPS) is 16.2. The van der Waals surface area contributed by atoms with Crippen LogP contribution in [0.5, 0.6) is 0 Å². The molecule has 1 aliphatic carbocycles. The number of benzene rings is 2. The third-order valence-corrected chi connectivity index (χ3v) is 3.60. The van der Waals surface area contributed by atoms with Crippen LogP contribution in [0, 0.1) is 0 Å². The quantitative estimate of drug-likeness (QED) is 0.799. The Balaban J connectivity index is 1.83. The maximum absolute atomic E-state index is 5.86. The third kappa shape index (κ3) is 2.79. The van der Waals surface area contributed by atoms with Crippen LogP contribution >= 0.6 is 11.6 Å². The van der Waals surface area contributed by atoms with E-state index in [0.717, 1.165) is 35.7 Å². The van der Waals surface area contributed by atoms with Crippen molar-refractivity contribution in [2.45, 2.75) is 19.3 Å². The molecule has 0 saturated heterocycles. The lowest BCUT2D eigenvalue weighted by Gasteiger charge is -2.17. The molecule has 1 aliphatic rings. The van der Waals surface area contributed by atoms with Gasteiger partial charge < -0.3 is 0 Å². The van der Waals surface area contributed by atoms with E-state index in [9.17, 15) is 0 Å². The average molecular weight is 271 g/mol. The smallest absolute Gasteiger partial charge is 0.0682 e. The van der Waals surface area contributed by atoms with Crippen LogP contribution in [0.3, 0.4) is 0 Å². The van der Waals surface area contributed by atoms with Gasteiger partial charge >= 0.3 is 0 Å². The molecule has 0 atom stereocenters. The van der Waals surface area contributed by atoms with Crippen molar-refractivity contribution in [1.82, 2.24) is 0 Å². The molecule has 0 fully saturated rings. The zero-order valence-electron chi connectivity index (χ0n) is 10.6. The molecule has 2 aromatic rings. The number of aryl methyl sites for hydroxylation is 1. The van der Waals surface area contributed by atoms with Gasteiger partial charge in [-0.2, -0.15) is 5.10 Å². The molecular weight excluding hydrogens is 256 g/mol. The van der Waals surface area contributed by atoms with E-state index >= 15 is 0 Å². The van der Waals surface area contributed by atoms with E-state index in [4.69, 9.17) is 11.6 Å². The molecule has 0 radical (unpaired) electrons. The summed E-state index contributed by atoms with van der Waals surface area (Å²) in [7, 11) is 0. The second-order valence-corrected chi connectivity index (χ2v) is 5.12. The molecule has 0 saturated carbocycles. The van der Waals surface area contributed by atoms with Crippen LogP contribution < -0.4 is 5.43 Å². The lowest BCUT2D eigenvalue weighted by molar-refractivity contribution is 0.837. The number of hydrazone groups is 1. The Bertz CT molecular complexity index is 602. The van der Waals surface area contributed by atoms with Gasteiger partial charge in [-0.25, -0.2) is 0 Å². The zero-order valence-corrected chi connectivity index (χ0v) is 11.3. The minimum absolute atomic E-state index is 0.737. The number of halogens is 1. The van der Waals surface area contributed by atoms with Gasteiger partial charge in [0.05, 0.1) is 11.4 Å². The molecule has 0 heterocycles. The van der Waals surface area contributed by atoms with Gasteiger partial charge in [-0.3, -0.25) is 5.43 Å². The van der Waals surface area contributed by atoms with Crippen LogP contribution in [0.2, 0.25) is 5.02 Å². The van der Waals surface area contributed by atoms with Gasteiger partial charge in [0.1, 0.15) is 0 Å². The molecule has 96 valence electrons. The lowest BCUT2D eigenvalue weighted by atomic mass is 9.90. The van der Waals surface area contributed by atoms with Gasteiger partial charge in [0.25, 0.3) is 0 Å². The first-order valence-electron chi connectivity index (χ1n) is 6.49. The fraction of sp³-hybridized carbons (Fsp3) is 0.188. The summed E-state index contributed by atoms with van der Waals surface area (Å²) in [6.45, 7) is 0. The molecule has 19 heavy (non-hydrogen) atoms. The lowest BCUT2D eigenvalue weighted by Crippen LogP contribution is -2.13. The standard InChI is InChI=1S/C16H15ClN2/c17-13-8-10-14(11-9-13)18-19-16-7-3-5-12-4-1-2-6-15(12)16/h1-2,4,6,8-11,18H,3,5,7H2/b19-16+. The molecule has 2 aromatic carbocycles. The summed E-state index contributed by atoms with van der Waals surface area (Å²) in [5.41, 5.74) is 7.87. The number of rotatable bonds is 2. The Hall–Kier alpha value is -1.80. The van der Waals surface area contributed by atoms with Crippen LogP contribution in [0.15, 0.2) is 53.6 Å². The van der Waals surface area contributed by atoms with E-state index in [2.05, 4.69) is 34.8 Å². The highest BCUT2D eigenvalue weighted by atomic mass is 35.5. The van der Waals surface area contributed by atoms with E-state index in [1.165, 1.54) is 11.1 Å². The van der Waals surface area contributed by atoms with Gasteiger partial charge in [-0.1, -0.05) is 35.9 Å². The van der Waals surface area contributed by atoms with Crippen LogP contribution in [0.25, 0.3) is 0 Å². The molecule has 2 nitrogen and oxygen atoms in total. The summed E-state index contributed by atoms with van der Waals surface area (Å²) in [6.07, 6.45) is 3.34. The SMILES string of the molecule is Clc1ccc(N/N=C2\CCCc3ccccc32)cc1. The topological polar surface area (TPSA) is 24.4 Å². The highest BCUT2D eigenvalue weighted by Gasteiger charge is 2.14. The molecule has 0 aromatic heterocycles. The number of nitrogens with one attached hydrogen (secondary N) is 1. The van der Waals surface area contributed by atoms with E-state index < -0.39 is 0 Å². The molecule has 0 spiro atoms. The number of anilines is 1. The van der Waals surface area contributed by atoms with Crippen molar-refractivity contribution < 1.29 is 0 Å². The van der Waals surface area contributed by atoms with Crippen molar-refractivity contribution in [3.63, 3.8) is 0 Å². The Labute approximate surface area is 118 Å². The molecule has 3 rings (SSSR count). The number of hydrogen-bond donors (Lipinski definition) is 1. The van der Waals surface area contributed by atoms with Crippen molar-refractivity contribution in [2.75, 3.05) is 5.43 Å². The Kier molecular flexibility index (Phi) is 3.51. The fourth-order valence-corrected chi connectivity index (χ4v) is 2.50. The van der Waals surface area contributed by atoms with Crippen molar-refractivity contribution in [3.05, 3.63) is 64.7 Å². The summed E-state index contributed by atoms with van der Waals surface area (Å²) in [5, 5.41) is 5.29. The Morgan fingerprint density at radius 2 is 1.74 bits per heavy atom. The Morgan fingerprint density at radius 1 is 0.947 bits per heavy atom. The van der Waals surface area contributed by atoms with Gasteiger partial charge in [0.2, 0.25) is 0 Å². The summed E-state index contributed by atoms with van der Waals surface area (Å²) in [5.74, 6) is 0. The van der Waals surface area contributed by atoms with E-state index in [0.29, 0.717) is 0 Å². The molecule has 3 heteroatoms. The number of nitrogens with zero attached hydrogens (tertiary/aromatic N) is 1. The van der Waals surface area contributed by atoms with Gasteiger partial charge in [0, 0.05) is 10.6 Å². The van der Waals surface area contributed by atoms with Crippen LogP contribution in [-0.2, 0) is 6.42 Å². The molecule has 0 bridgehead atoms. The maximum atomic E-state index is 5.86.